The van der Waals surface area contributed by atoms with Crippen molar-refractivity contribution in [1.82, 2.24) is 0 Å². The molecule has 0 aliphatic heterocycles. The average Bonchev–Trinajstić information content (AvgIpc) is 2.35. The second-order valence-electron chi connectivity index (χ2n) is 4.34. The molecule has 0 aromatic carbocycles. The molecule has 0 radical (unpaired) electrons. The molecule has 118 valence electrons. The highest BCUT2D eigenvalue weighted by atomic mass is 16.5. The van der Waals surface area contributed by atoms with Gasteiger partial charge in [0.2, 0.25) is 5.91 Å². The maximum absolute atomic E-state index is 11.1. The van der Waals surface area contributed by atoms with Crippen molar-refractivity contribution in [3.8, 4) is 0 Å². The van der Waals surface area contributed by atoms with E-state index >= 15 is 0 Å². The van der Waals surface area contributed by atoms with E-state index in [1.54, 1.807) is 26.0 Å². The van der Waals surface area contributed by atoms with Crippen LogP contribution >= 0.6 is 0 Å². The van der Waals surface area contributed by atoms with Crippen LogP contribution in [-0.4, -0.2) is 17.1 Å². The van der Waals surface area contributed by atoms with E-state index in [0.717, 1.165) is 6.08 Å². The summed E-state index contributed by atoms with van der Waals surface area (Å²) in [5.41, 5.74) is 11.7. The molecule has 0 heterocycles. The summed E-state index contributed by atoms with van der Waals surface area (Å²) in [4.78, 5) is 22.0. The van der Waals surface area contributed by atoms with Crippen LogP contribution in [0.25, 0.3) is 0 Å². The van der Waals surface area contributed by atoms with Crippen molar-refractivity contribution in [2.45, 2.75) is 13.8 Å². The first-order valence-electron chi connectivity index (χ1n) is 6.23. The second-order valence-corrected chi connectivity index (χ2v) is 4.34. The predicted molar refractivity (Wildman–Crippen MR) is 85.5 cm³/mol. The van der Waals surface area contributed by atoms with Gasteiger partial charge in [-0.2, -0.15) is 0 Å². The largest absolute Gasteiger partial charge is 0.508 e. The fourth-order valence-corrected chi connectivity index (χ4v) is 1.40. The minimum absolute atomic E-state index is 0.00223. The third-order valence-electron chi connectivity index (χ3n) is 2.40. The molecule has 22 heavy (non-hydrogen) atoms. The van der Waals surface area contributed by atoms with E-state index in [-0.39, 0.29) is 11.5 Å². The van der Waals surface area contributed by atoms with Crippen molar-refractivity contribution < 1.29 is 19.4 Å². The van der Waals surface area contributed by atoms with Crippen LogP contribution in [0.1, 0.15) is 13.8 Å². The van der Waals surface area contributed by atoms with Gasteiger partial charge in [-0.25, -0.2) is 4.79 Å². The molecule has 0 bridgehead atoms. The van der Waals surface area contributed by atoms with Crippen molar-refractivity contribution in [2.75, 3.05) is 0 Å². The lowest BCUT2D eigenvalue weighted by atomic mass is 10.0. The van der Waals surface area contributed by atoms with Gasteiger partial charge in [-0.05, 0) is 37.1 Å². The summed E-state index contributed by atoms with van der Waals surface area (Å²) >= 11 is 0. The van der Waals surface area contributed by atoms with Crippen molar-refractivity contribution >= 4 is 12.0 Å². The van der Waals surface area contributed by atoms with E-state index in [2.05, 4.69) is 13.2 Å². The lowest BCUT2D eigenvalue weighted by molar-refractivity contribution is -0.114. The minimum Gasteiger partial charge on any atom is -0.508 e. The van der Waals surface area contributed by atoms with E-state index in [1.165, 1.54) is 12.2 Å². The van der Waals surface area contributed by atoms with E-state index in [0.29, 0.717) is 16.7 Å². The van der Waals surface area contributed by atoms with Crippen LogP contribution in [0.5, 0.6) is 0 Å². The van der Waals surface area contributed by atoms with Crippen LogP contribution in [0.4, 0.5) is 4.79 Å². The molecular formula is C16H20N2O4. The fourth-order valence-electron chi connectivity index (χ4n) is 1.40. The molecule has 0 aliphatic rings. The average molecular weight is 304 g/mol. The van der Waals surface area contributed by atoms with Gasteiger partial charge in [0.25, 0.3) is 0 Å². The summed E-state index contributed by atoms with van der Waals surface area (Å²) in [6.07, 6.45) is 6.28. The summed E-state index contributed by atoms with van der Waals surface area (Å²) < 4.78 is 4.75. The minimum atomic E-state index is -1.03. The SMILES string of the molecule is C=C/C=C(\C=C(/C)C(N)=O)C(/C)=C/C(=C\C(=C)O)OC(N)=O. The lowest BCUT2D eigenvalue weighted by Crippen LogP contribution is -2.12. The Balaban J connectivity index is 5.75. The predicted octanol–water partition coefficient (Wildman–Crippen LogP) is 2.53. The summed E-state index contributed by atoms with van der Waals surface area (Å²) in [6, 6.07) is 0. The normalized spacial score (nSPS) is 13.5. The Morgan fingerprint density at radius 1 is 1.09 bits per heavy atom. The van der Waals surface area contributed by atoms with Gasteiger partial charge in [0.05, 0.1) is 0 Å². The molecule has 2 amide bonds. The van der Waals surface area contributed by atoms with Gasteiger partial charge in [0.15, 0.2) is 0 Å². The zero-order chi connectivity index (χ0) is 17.3. The smallest absolute Gasteiger partial charge is 0.409 e. The number of ether oxygens (including phenoxy) is 1. The zero-order valence-electron chi connectivity index (χ0n) is 12.6. The second kappa shape index (κ2) is 9.02. The van der Waals surface area contributed by atoms with Gasteiger partial charge in [-0.3, -0.25) is 4.79 Å². The lowest BCUT2D eigenvalue weighted by Gasteiger charge is -2.07. The number of hydrogen-bond acceptors (Lipinski definition) is 4. The topological polar surface area (TPSA) is 116 Å². The van der Waals surface area contributed by atoms with Crippen LogP contribution < -0.4 is 11.5 Å². The molecule has 0 aromatic heterocycles. The quantitative estimate of drug-likeness (QED) is 0.380. The van der Waals surface area contributed by atoms with Crippen molar-refractivity contribution in [3.63, 3.8) is 0 Å². The number of aliphatic hydroxyl groups excluding tert-OH is 1. The third-order valence-corrected chi connectivity index (χ3v) is 2.40. The van der Waals surface area contributed by atoms with Gasteiger partial charge in [0, 0.05) is 11.6 Å². The number of aliphatic hydroxyl groups is 1. The number of primary amides is 2. The summed E-state index contributed by atoms with van der Waals surface area (Å²) in [5, 5.41) is 9.17. The summed E-state index contributed by atoms with van der Waals surface area (Å²) in [7, 11) is 0. The van der Waals surface area contributed by atoms with Crippen LogP contribution in [0.15, 0.2) is 71.8 Å². The number of allylic oxidation sites excluding steroid dienone is 7. The molecule has 6 nitrogen and oxygen atoms in total. The zero-order valence-corrected chi connectivity index (χ0v) is 12.6. The van der Waals surface area contributed by atoms with Gasteiger partial charge < -0.3 is 21.3 Å². The Kier molecular flexibility index (Phi) is 7.78. The number of nitrogens with two attached hydrogens (primary N) is 2. The molecule has 0 saturated carbocycles. The molecule has 5 N–H and O–H groups in total. The van der Waals surface area contributed by atoms with Crippen molar-refractivity contribution in [2.24, 2.45) is 11.5 Å². The third kappa shape index (κ3) is 7.54. The highest BCUT2D eigenvalue weighted by Crippen LogP contribution is 2.17. The molecule has 0 spiro atoms. The monoisotopic (exact) mass is 304 g/mol. The first-order valence-corrected chi connectivity index (χ1v) is 6.23. The number of carbonyl (C=O) groups excluding carboxylic acids is 2. The Morgan fingerprint density at radius 2 is 1.68 bits per heavy atom. The first-order chi connectivity index (χ1) is 10.2. The Labute approximate surface area is 129 Å². The molecule has 6 heteroatoms. The Morgan fingerprint density at radius 3 is 2.09 bits per heavy atom. The molecule has 0 fully saturated rings. The number of hydrogen-bond donors (Lipinski definition) is 3. The van der Waals surface area contributed by atoms with Gasteiger partial charge >= 0.3 is 6.09 Å². The van der Waals surface area contributed by atoms with Gasteiger partial charge in [-0.1, -0.05) is 25.3 Å². The van der Waals surface area contributed by atoms with E-state index < -0.39 is 12.0 Å². The maximum atomic E-state index is 11.1. The first kappa shape index (κ1) is 19.0. The van der Waals surface area contributed by atoms with E-state index in [4.69, 9.17) is 16.2 Å². The van der Waals surface area contributed by atoms with Gasteiger partial charge in [-0.15, -0.1) is 0 Å². The molecule has 0 aliphatic carbocycles. The molecule has 0 unspecified atom stereocenters. The van der Waals surface area contributed by atoms with Gasteiger partial charge in [0.1, 0.15) is 11.5 Å². The van der Waals surface area contributed by atoms with Crippen LogP contribution in [0.2, 0.25) is 0 Å². The standard InChI is InChI=1S/C16H20N2O4/c1-5-6-13(7-11(3)15(17)20)10(2)8-14(9-12(4)19)22-16(18)21/h5-9,19H,1,4H2,2-3H3,(H2,17,20)(H2,18,21)/b10-8+,11-7+,13-6+,14-9+. The highest BCUT2D eigenvalue weighted by Gasteiger charge is 2.05. The van der Waals surface area contributed by atoms with Crippen LogP contribution in [-0.2, 0) is 9.53 Å². The Bertz CT molecular complexity index is 608. The fraction of sp³-hybridized carbons (Fsp3) is 0.125. The Hall–Kier alpha value is -3.02. The highest BCUT2D eigenvalue weighted by molar-refractivity contribution is 5.92. The molecule has 0 saturated heterocycles. The molecule has 0 atom stereocenters. The maximum Gasteiger partial charge on any atom is 0.409 e. The van der Waals surface area contributed by atoms with Crippen LogP contribution in [0.3, 0.4) is 0 Å². The van der Waals surface area contributed by atoms with E-state index in [9.17, 15) is 14.7 Å². The summed E-state index contributed by atoms with van der Waals surface area (Å²) in [6.45, 7) is 10.1. The number of carbonyl (C=O) groups is 2. The molecular weight excluding hydrogens is 284 g/mol. The van der Waals surface area contributed by atoms with E-state index in [1.807, 2.05) is 0 Å². The molecule has 0 aromatic rings. The molecule has 0 rings (SSSR count). The number of rotatable bonds is 7. The summed E-state index contributed by atoms with van der Waals surface area (Å²) in [5.74, 6) is -0.869. The number of amides is 2. The van der Waals surface area contributed by atoms with Crippen molar-refractivity contribution in [3.05, 3.63) is 71.8 Å². The van der Waals surface area contributed by atoms with Crippen molar-refractivity contribution in [1.29, 1.82) is 0 Å². The van der Waals surface area contributed by atoms with Crippen LogP contribution in [0, 0.1) is 0 Å².